The Morgan fingerprint density at radius 1 is 1.30 bits per heavy atom. The summed E-state index contributed by atoms with van der Waals surface area (Å²) in [6.45, 7) is 2.65. The molecule has 1 aliphatic heterocycles. The van der Waals surface area contributed by atoms with Gasteiger partial charge in [-0.3, -0.25) is 4.79 Å². The number of nitrogens with one attached hydrogen (secondary N) is 1. The number of carbonyl (C=O) groups excluding carboxylic acids is 1. The van der Waals surface area contributed by atoms with Crippen LogP contribution >= 0.6 is 0 Å². The maximum atomic E-state index is 11.9. The van der Waals surface area contributed by atoms with Gasteiger partial charge in [-0.2, -0.15) is 4.52 Å². The second-order valence-electron chi connectivity index (χ2n) is 5.56. The van der Waals surface area contributed by atoms with E-state index >= 15 is 0 Å². The third kappa shape index (κ3) is 1.90. The largest absolute Gasteiger partial charge is 0.364 e. The smallest absolute Gasteiger partial charge is 0.225 e. The van der Waals surface area contributed by atoms with Crippen molar-refractivity contribution in [2.75, 3.05) is 11.9 Å². The molecule has 1 atom stereocenters. The second-order valence-corrected chi connectivity index (χ2v) is 5.56. The molecule has 1 N–H and O–H groups in total. The van der Waals surface area contributed by atoms with Crippen LogP contribution in [0.2, 0.25) is 0 Å². The Bertz CT molecular complexity index is 677. The van der Waals surface area contributed by atoms with E-state index in [1.54, 1.807) is 4.52 Å². The lowest BCUT2D eigenvalue weighted by atomic mass is 10.2. The van der Waals surface area contributed by atoms with Gasteiger partial charge in [0.2, 0.25) is 5.91 Å². The molecule has 7 heteroatoms. The fourth-order valence-electron chi connectivity index (χ4n) is 2.75. The van der Waals surface area contributed by atoms with Gasteiger partial charge in [0.15, 0.2) is 11.5 Å². The molecule has 0 aromatic carbocycles. The Morgan fingerprint density at radius 3 is 2.95 bits per heavy atom. The van der Waals surface area contributed by atoms with E-state index < -0.39 is 0 Å². The summed E-state index contributed by atoms with van der Waals surface area (Å²) in [4.78, 5) is 13.9. The van der Waals surface area contributed by atoms with Crippen LogP contribution in [0.1, 0.15) is 25.1 Å². The molecule has 2 aromatic heterocycles. The Labute approximate surface area is 116 Å². The van der Waals surface area contributed by atoms with Gasteiger partial charge in [-0.15, -0.1) is 15.3 Å². The minimum absolute atomic E-state index is 0.143. The number of aryl methyl sites for hydroxylation is 1. The first-order chi connectivity index (χ1) is 9.70. The standard InChI is InChI=1S/C13H16N6O/c1-8-15-16-12-5-4-11(17-19(8)12)14-9-6-13(20)18(7-9)10-2-3-10/h4-5,9-10H,2-3,6-7H2,1H3,(H,14,17). The lowest BCUT2D eigenvalue weighted by Gasteiger charge is -2.16. The van der Waals surface area contributed by atoms with Crippen molar-refractivity contribution >= 4 is 17.4 Å². The highest BCUT2D eigenvalue weighted by atomic mass is 16.2. The molecule has 104 valence electrons. The molecule has 0 radical (unpaired) electrons. The molecule has 2 aliphatic rings. The summed E-state index contributed by atoms with van der Waals surface area (Å²) in [5, 5.41) is 15.8. The van der Waals surface area contributed by atoms with Gasteiger partial charge in [-0.05, 0) is 31.9 Å². The first-order valence-electron chi connectivity index (χ1n) is 6.96. The topological polar surface area (TPSA) is 75.4 Å². The third-order valence-corrected chi connectivity index (χ3v) is 3.92. The number of likely N-dealkylation sites (tertiary alicyclic amines) is 1. The molecule has 2 aromatic rings. The van der Waals surface area contributed by atoms with E-state index in [4.69, 9.17) is 0 Å². The molecule has 4 rings (SSSR count). The summed E-state index contributed by atoms with van der Waals surface area (Å²) in [6.07, 6.45) is 2.86. The highest BCUT2D eigenvalue weighted by Gasteiger charge is 2.39. The number of rotatable bonds is 3. The quantitative estimate of drug-likeness (QED) is 0.886. The van der Waals surface area contributed by atoms with Crippen LogP contribution < -0.4 is 5.32 Å². The van der Waals surface area contributed by atoms with Gasteiger partial charge in [-0.25, -0.2) is 0 Å². The van der Waals surface area contributed by atoms with Gasteiger partial charge in [-0.1, -0.05) is 0 Å². The summed E-state index contributed by atoms with van der Waals surface area (Å²) < 4.78 is 1.71. The van der Waals surface area contributed by atoms with Gasteiger partial charge in [0.25, 0.3) is 0 Å². The first-order valence-corrected chi connectivity index (χ1v) is 6.96. The van der Waals surface area contributed by atoms with Crippen molar-refractivity contribution in [1.82, 2.24) is 24.7 Å². The summed E-state index contributed by atoms with van der Waals surface area (Å²) in [6, 6.07) is 4.40. The van der Waals surface area contributed by atoms with Crippen LogP contribution in [0.4, 0.5) is 5.82 Å². The van der Waals surface area contributed by atoms with Crippen molar-refractivity contribution < 1.29 is 4.79 Å². The zero-order valence-electron chi connectivity index (χ0n) is 11.3. The molecule has 0 spiro atoms. The zero-order chi connectivity index (χ0) is 13.7. The molecular weight excluding hydrogens is 256 g/mol. The van der Waals surface area contributed by atoms with E-state index in [9.17, 15) is 4.79 Å². The Balaban J connectivity index is 1.52. The predicted octanol–water partition coefficient (Wildman–Crippen LogP) is 0.608. The highest BCUT2D eigenvalue weighted by molar-refractivity contribution is 5.80. The van der Waals surface area contributed by atoms with Crippen LogP contribution in [0.5, 0.6) is 0 Å². The fourth-order valence-corrected chi connectivity index (χ4v) is 2.75. The summed E-state index contributed by atoms with van der Waals surface area (Å²) >= 11 is 0. The molecule has 1 amide bonds. The Hall–Kier alpha value is -2.18. The van der Waals surface area contributed by atoms with Crippen LogP contribution in [0, 0.1) is 6.92 Å². The summed E-state index contributed by atoms with van der Waals surface area (Å²) in [5.74, 6) is 1.77. The third-order valence-electron chi connectivity index (χ3n) is 3.92. The number of aromatic nitrogens is 4. The van der Waals surface area contributed by atoms with E-state index in [2.05, 4.69) is 20.6 Å². The van der Waals surface area contributed by atoms with E-state index in [1.807, 2.05) is 24.0 Å². The molecule has 3 heterocycles. The van der Waals surface area contributed by atoms with Crippen LogP contribution in [0.3, 0.4) is 0 Å². The second kappa shape index (κ2) is 4.16. The molecule has 2 fully saturated rings. The van der Waals surface area contributed by atoms with Crippen LogP contribution in [-0.2, 0) is 4.79 Å². The molecule has 20 heavy (non-hydrogen) atoms. The fraction of sp³-hybridized carbons (Fsp3) is 0.538. The highest BCUT2D eigenvalue weighted by Crippen LogP contribution is 2.31. The van der Waals surface area contributed by atoms with E-state index in [0.717, 1.165) is 36.7 Å². The van der Waals surface area contributed by atoms with Crippen molar-refractivity contribution in [2.24, 2.45) is 0 Å². The SMILES string of the molecule is Cc1nnc2ccc(NC3CC(=O)N(C4CC4)C3)nn12. The van der Waals surface area contributed by atoms with Gasteiger partial charge < -0.3 is 10.2 Å². The van der Waals surface area contributed by atoms with Crippen molar-refractivity contribution in [3.8, 4) is 0 Å². The van der Waals surface area contributed by atoms with Gasteiger partial charge in [0.1, 0.15) is 5.82 Å². The number of hydrogen-bond acceptors (Lipinski definition) is 5. The van der Waals surface area contributed by atoms with Crippen molar-refractivity contribution in [2.45, 2.75) is 38.3 Å². The minimum atomic E-state index is 0.143. The normalized spacial score (nSPS) is 22.8. The molecule has 1 saturated carbocycles. The number of carbonyl (C=O) groups is 1. The van der Waals surface area contributed by atoms with Crippen molar-refractivity contribution in [1.29, 1.82) is 0 Å². The molecule has 1 unspecified atom stereocenters. The average molecular weight is 272 g/mol. The summed E-state index contributed by atoms with van der Waals surface area (Å²) in [7, 11) is 0. The van der Waals surface area contributed by atoms with Gasteiger partial charge in [0, 0.05) is 19.0 Å². The van der Waals surface area contributed by atoms with E-state index in [0.29, 0.717) is 12.5 Å². The van der Waals surface area contributed by atoms with E-state index in [1.165, 1.54) is 0 Å². The maximum absolute atomic E-state index is 11.9. The minimum Gasteiger partial charge on any atom is -0.364 e. The first kappa shape index (κ1) is 11.6. The number of amides is 1. The van der Waals surface area contributed by atoms with E-state index in [-0.39, 0.29) is 11.9 Å². The Morgan fingerprint density at radius 2 is 2.15 bits per heavy atom. The van der Waals surface area contributed by atoms with Gasteiger partial charge in [0.05, 0.1) is 6.04 Å². The number of fused-ring (bicyclic) bond motifs is 1. The predicted molar refractivity (Wildman–Crippen MR) is 72.3 cm³/mol. The van der Waals surface area contributed by atoms with Crippen LogP contribution in [-0.4, -0.2) is 49.2 Å². The lowest BCUT2D eigenvalue weighted by Crippen LogP contribution is -2.30. The van der Waals surface area contributed by atoms with Gasteiger partial charge >= 0.3 is 0 Å². The molecular formula is C13H16N6O. The summed E-state index contributed by atoms with van der Waals surface area (Å²) in [5.41, 5.74) is 0.732. The van der Waals surface area contributed by atoms with Crippen LogP contribution in [0.15, 0.2) is 12.1 Å². The monoisotopic (exact) mass is 272 g/mol. The molecule has 1 saturated heterocycles. The lowest BCUT2D eigenvalue weighted by molar-refractivity contribution is -0.128. The molecule has 1 aliphatic carbocycles. The Kier molecular flexibility index (Phi) is 2.42. The van der Waals surface area contributed by atoms with Crippen LogP contribution in [0.25, 0.3) is 5.65 Å². The zero-order valence-corrected chi connectivity index (χ0v) is 11.3. The number of nitrogens with zero attached hydrogens (tertiary/aromatic N) is 5. The van der Waals surface area contributed by atoms with Crippen molar-refractivity contribution in [3.63, 3.8) is 0 Å². The maximum Gasteiger partial charge on any atom is 0.225 e. The molecule has 7 nitrogen and oxygen atoms in total. The number of hydrogen-bond donors (Lipinski definition) is 1. The van der Waals surface area contributed by atoms with Crippen molar-refractivity contribution in [3.05, 3.63) is 18.0 Å². The average Bonchev–Trinajstić information content (AvgIpc) is 3.13. The molecule has 0 bridgehead atoms. The number of anilines is 1.